The standard InChI is InChI=1S/C26H23Cl2NO4/c1-2-32-26(31)24(17-7-4-3-5-8-17)29-22(30)16-33-25(19-9-6-10-21(28)15-19)23(29)18-11-13-20(27)14-12-18/h3-15,23-25H,2,16H2,1H3/t23-,24+,25+/m1/s1. The second-order valence-corrected chi connectivity index (χ2v) is 8.52. The zero-order valence-corrected chi connectivity index (χ0v) is 19.5. The van der Waals surface area contributed by atoms with Gasteiger partial charge in [0.25, 0.3) is 0 Å². The van der Waals surface area contributed by atoms with Crippen molar-refractivity contribution in [3.05, 3.63) is 106 Å². The number of hydrogen-bond acceptors (Lipinski definition) is 4. The fraction of sp³-hybridized carbons (Fsp3) is 0.231. The highest BCUT2D eigenvalue weighted by atomic mass is 35.5. The van der Waals surface area contributed by atoms with Gasteiger partial charge in [0.05, 0.1) is 12.6 Å². The minimum Gasteiger partial charge on any atom is -0.464 e. The summed E-state index contributed by atoms with van der Waals surface area (Å²) >= 11 is 12.4. The molecule has 5 nitrogen and oxygen atoms in total. The largest absolute Gasteiger partial charge is 0.464 e. The maximum Gasteiger partial charge on any atom is 0.333 e. The third kappa shape index (κ3) is 5.06. The van der Waals surface area contributed by atoms with E-state index >= 15 is 0 Å². The molecule has 1 saturated heterocycles. The Bertz CT molecular complexity index is 1120. The molecule has 3 aromatic carbocycles. The van der Waals surface area contributed by atoms with Gasteiger partial charge in [0.2, 0.25) is 5.91 Å². The van der Waals surface area contributed by atoms with Crippen LogP contribution in [0.5, 0.6) is 0 Å². The second kappa shape index (κ2) is 10.4. The molecule has 3 atom stereocenters. The molecule has 1 heterocycles. The van der Waals surface area contributed by atoms with Crippen LogP contribution < -0.4 is 0 Å². The van der Waals surface area contributed by atoms with Crippen molar-refractivity contribution in [2.45, 2.75) is 25.1 Å². The van der Waals surface area contributed by atoms with Crippen molar-refractivity contribution in [2.24, 2.45) is 0 Å². The first-order valence-electron chi connectivity index (χ1n) is 10.6. The molecule has 33 heavy (non-hydrogen) atoms. The van der Waals surface area contributed by atoms with E-state index in [0.29, 0.717) is 15.6 Å². The van der Waals surface area contributed by atoms with Gasteiger partial charge in [-0.3, -0.25) is 4.79 Å². The number of carbonyl (C=O) groups is 2. The van der Waals surface area contributed by atoms with E-state index in [0.717, 1.165) is 11.1 Å². The maximum atomic E-state index is 13.4. The van der Waals surface area contributed by atoms with Gasteiger partial charge >= 0.3 is 5.97 Å². The summed E-state index contributed by atoms with van der Waals surface area (Å²) in [6.07, 6.45) is -0.553. The lowest BCUT2D eigenvalue weighted by Gasteiger charge is -2.44. The van der Waals surface area contributed by atoms with Crippen LogP contribution >= 0.6 is 23.2 Å². The van der Waals surface area contributed by atoms with Crippen LogP contribution in [0.1, 0.15) is 41.8 Å². The molecule has 0 aromatic heterocycles. The fourth-order valence-corrected chi connectivity index (χ4v) is 4.48. The smallest absolute Gasteiger partial charge is 0.333 e. The summed E-state index contributed by atoms with van der Waals surface area (Å²) in [5.41, 5.74) is 2.24. The molecule has 1 fully saturated rings. The Labute approximate surface area is 202 Å². The molecule has 170 valence electrons. The number of esters is 1. The summed E-state index contributed by atoms with van der Waals surface area (Å²) in [7, 11) is 0. The van der Waals surface area contributed by atoms with Crippen LogP contribution in [-0.4, -0.2) is 30.0 Å². The Kier molecular flexibility index (Phi) is 7.33. The molecule has 1 amide bonds. The van der Waals surface area contributed by atoms with Crippen molar-refractivity contribution in [1.82, 2.24) is 4.90 Å². The van der Waals surface area contributed by atoms with Crippen molar-refractivity contribution in [1.29, 1.82) is 0 Å². The van der Waals surface area contributed by atoms with Crippen LogP contribution in [0.3, 0.4) is 0 Å². The Morgan fingerprint density at radius 1 is 1.00 bits per heavy atom. The summed E-state index contributed by atoms with van der Waals surface area (Å²) in [5, 5.41) is 1.12. The topological polar surface area (TPSA) is 55.8 Å². The predicted molar refractivity (Wildman–Crippen MR) is 127 cm³/mol. The van der Waals surface area contributed by atoms with Gasteiger partial charge in [-0.25, -0.2) is 4.79 Å². The molecule has 0 aliphatic carbocycles. The van der Waals surface area contributed by atoms with Gasteiger partial charge in [-0.2, -0.15) is 0 Å². The van der Waals surface area contributed by atoms with Crippen molar-refractivity contribution in [3.63, 3.8) is 0 Å². The molecule has 1 aliphatic rings. The van der Waals surface area contributed by atoms with Crippen LogP contribution in [0.25, 0.3) is 0 Å². The van der Waals surface area contributed by atoms with Crippen LogP contribution in [0.15, 0.2) is 78.9 Å². The molecular formula is C26H23Cl2NO4. The van der Waals surface area contributed by atoms with Gasteiger partial charge in [0, 0.05) is 10.0 Å². The third-order valence-electron chi connectivity index (χ3n) is 5.55. The van der Waals surface area contributed by atoms with E-state index in [4.69, 9.17) is 32.7 Å². The number of ether oxygens (including phenoxy) is 2. The lowest BCUT2D eigenvalue weighted by molar-refractivity contribution is -0.174. The maximum absolute atomic E-state index is 13.4. The lowest BCUT2D eigenvalue weighted by atomic mass is 9.90. The monoisotopic (exact) mass is 483 g/mol. The van der Waals surface area contributed by atoms with E-state index in [9.17, 15) is 9.59 Å². The number of benzene rings is 3. The summed E-state index contributed by atoms with van der Waals surface area (Å²) in [6.45, 7) is 1.76. The third-order valence-corrected chi connectivity index (χ3v) is 6.04. The van der Waals surface area contributed by atoms with Crippen LogP contribution in [0.2, 0.25) is 10.0 Å². The van der Waals surface area contributed by atoms with Gasteiger partial charge in [-0.15, -0.1) is 0 Å². The van der Waals surface area contributed by atoms with E-state index in [1.165, 1.54) is 0 Å². The van der Waals surface area contributed by atoms with E-state index in [1.54, 1.807) is 30.0 Å². The van der Waals surface area contributed by atoms with Gasteiger partial charge in [-0.05, 0) is 47.9 Å². The molecule has 0 saturated carbocycles. The average Bonchev–Trinajstić information content (AvgIpc) is 2.82. The number of amides is 1. The molecule has 0 bridgehead atoms. The van der Waals surface area contributed by atoms with Crippen molar-refractivity contribution in [3.8, 4) is 0 Å². The highest BCUT2D eigenvalue weighted by Crippen LogP contribution is 2.45. The van der Waals surface area contributed by atoms with Gasteiger partial charge in [0.1, 0.15) is 12.7 Å². The number of halogens is 2. The minimum atomic E-state index is -0.940. The molecule has 0 unspecified atom stereocenters. The molecule has 3 aromatic rings. The molecule has 1 aliphatic heterocycles. The molecule has 4 rings (SSSR count). The average molecular weight is 484 g/mol. The van der Waals surface area contributed by atoms with Crippen LogP contribution in [-0.2, 0) is 19.1 Å². The first-order chi connectivity index (χ1) is 16.0. The van der Waals surface area contributed by atoms with E-state index < -0.39 is 24.2 Å². The van der Waals surface area contributed by atoms with E-state index in [-0.39, 0.29) is 19.1 Å². The fourth-order valence-electron chi connectivity index (χ4n) is 4.16. The van der Waals surface area contributed by atoms with Crippen molar-refractivity contribution in [2.75, 3.05) is 13.2 Å². The van der Waals surface area contributed by atoms with Crippen molar-refractivity contribution >= 4 is 35.1 Å². The highest BCUT2D eigenvalue weighted by Gasteiger charge is 2.45. The summed E-state index contributed by atoms with van der Waals surface area (Å²) < 4.78 is 11.5. The number of carbonyl (C=O) groups excluding carboxylic acids is 2. The summed E-state index contributed by atoms with van der Waals surface area (Å²) in [4.78, 5) is 28.1. The molecule has 0 radical (unpaired) electrons. The van der Waals surface area contributed by atoms with Crippen molar-refractivity contribution < 1.29 is 19.1 Å². The molecule has 7 heteroatoms. The zero-order valence-electron chi connectivity index (χ0n) is 18.0. The second-order valence-electron chi connectivity index (χ2n) is 7.65. The number of nitrogens with zero attached hydrogens (tertiary/aromatic N) is 1. The SMILES string of the molecule is CCOC(=O)[C@H](c1ccccc1)N1C(=O)CO[C@@H](c2cccc(Cl)c2)[C@H]1c1ccc(Cl)cc1. The van der Waals surface area contributed by atoms with Crippen LogP contribution in [0, 0.1) is 0 Å². The zero-order chi connectivity index (χ0) is 23.4. The first kappa shape index (κ1) is 23.3. The quantitative estimate of drug-likeness (QED) is 0.407. The molecule has 0 spiro atoms. The molecule has 0 N–H and O–H groups in total. The first-order valence-corrected chi connectivity index (χ1v) is 11.4. The number of rotatable bonds is 6. The van der Waals surface area contributed by atoms with E-state index in [2.05, 4.69) is 0 Å². The number of morpholine rings is 1. The predicted octanol–water partition coefficient (Wildman–Crippen LogP) is 5.94. The van der Waals surface area contributed by atoms with Crippen LogP contribution in [0.4, 0.5) is 0 Å². The highest BCUT2D eigenvalue weighted by molar-refractivity contribution is 6.30. The normalized spacial score (nSPS) is 19.2. The minimum absolute atomic E-state index is 0.177. The van der Waals surface area contributed by atoms with E-state index in [1.807, 2.05) is 60.7 Å². The summed E-state index contributed by atoms with van der Waals surface area (Å²) in [6, 6.07) is 22.1. The Morgan fingerprint density at radius 2 is 1.73 bits per heavy atom. The van der Waals surface area contributed by atoms with Gasteiger partial charge in [-0.1, -0.05) is 77.8 Å². The lowest BCUT2D eigenvalue weighted by Crippen LogP contribution is -2.49. The number of hydrogen-bond donors (Lipinski definition) is 0. The Balaban J connectivity index is 1.88. The Hall–Kier alpha value is -2.86. The summed E-state index contributed by atoms with van der Waals surface area (Å²) in [5.74, 6) is -0.808. The molecular weight excluding hydrogens is 461 g/mol. The Morgan fingerprint density at radius 3 is 2.39 bits per heavy atom. The van der Waals surface area contributed by atoms with Gasteiger partial charge in [0.15, 0.2) is 6.04 Å². The van der Waals surface area contributed by atoms with Gasteiger partial charge < -0.3 is 14.4 Å².